The third kappa shape index (κ3) is 4.28. The molecule has 36 heavy (non-hydrogen) atoms. The van der Waals surface area contributed by atoms with Crippen LogP contribution in [0.2, 0.25) is 0 Å². The van der Waals surface area contributed by atoms with Crippen LogP contribution in [0, 0.1) is 24.4 Å². The van der Waals surface area contributed by atoms with Crippen molar-refractivity contribution in [3.63, 3.8) is 0 Å². The van der Waals surface area contributed by atoms with Gasteiger partial charge in [0.2, 0.25) is 0 Å². The number of nitrogens with zero attached hydrogens (tertiary/aromatic N) is 1. The first-order valence-electron chi connectivity index (χ1n) is 11.0. The number of aryl methyl sites for hydroxylation is 1. The van der Waals surface area contributed by atoms with Gasteiger partial charge >= 0.3 is 0 Å². The molecule has 1 unspecified atom stereocenters. The van der Waals surface area contributed by atoms with Gasteiger partial charge < -0.3 is 14.6 Å². The largest absolute Gasteiger partial charge is 0.507 e. The number of rotatable bonds is 6. The predicted octanol–water partition coefficient (Wildman–Crippen LogP) is 5.45. The number of anilines is 1. The van der Waals surface area contributed by atoms with Crippen LogP contribution in [0.25, 0.3) is 5.76 Å². The fourth-order valence-corrected chi connectivity index (χ4v) is 4.15. The van der Waals surface area contributed by atoms with Crippen LogP contribution in [0.1, 0.15) is 29.7 Å². The average molecular weight is 497 g/mol. The number of aliphatic hydroxyl groups excluding tert-OH is 1. The van der Waals surface area contributed by atoms with Crippen LogP contribution >= 0.6 is 0 Å². The zero-order valence-electron chi connectivity index (χ0n) is 19.6. The quantitative estimate of drug-likeness (QED) is 0.279. The lowest BCUT2D eigenvalue weighted by Crippen LogP contribution is -2.30. The van der Waals surface area contributed by atoms with Gasteiger partial charge in [-0.3, -0.25) is 14.5 Å². The Morgan fingerprint density at radius 1 is 0.972 bits per heavy atom. The lowest BCUT2D eigenvalue weighted by Gasteiger charge is -2.26. The summed E-state index contributed by atoms with van der Waals surface area (Å²) < 4.78 is 53.2. The second-order valence-corrected chi connectivity index (χ2v) is 8.07. The van der Waals surface area contributed by atoms with E-state index in [2.05, 4.69) is 0 Å². The van der Waals surface area contributed by atoms with Crippen molar-refractivity contribution in [3.8, 4) is 11.5 Å². The molecule has 0 saturated carbocycles. The number of amides is 1. The second-order valence-electron chi connectivity index (χ2n) is 8.07. The van der Waals surface area contributed by atoms with E-state index < -0.39 is 40.9 Å². The molecule has 4 rings (SSSR count). The molecule has 3 aromatic rings. The predicted molar refractivity (Wildman–Crippen MR) is 126 cm³/mol. The monoisotopic (exact) mass is 497 g/mol. The first-order chi connectivity index (χ1) is 17.2. The van der Waals surface area contributed by atoms with Crippen molar-refractivity contribution < 1.29 is 37.3 Å². The molecule has 1 heterocycles. The summed E-state index contributed by atoms with van der Waals surface area (Å²) >= 11 is 0. The van der Waals surface area contributed by atoms with Gasteiger partial charge in [0.1, 0.15) is 23.2 Å². The van der Waals surface area contributed by atoms with Gasteiger partial charge in [-0.15, -0.1) is 0 Å². The van der Waals surface area contributed by atoms with E-state index in [1.807, 2.05) is 0 Å². The van der Waals surface area contributed by atoms with E-state index in [0.717, 1.165) is 23.1 Å². The summed E-state index contributed by atoms with van der Waals surface area (Å²) in [5.74, 6) is -4.57. The van der Waals surface area contributed by atoms with Crippen molar-refractivity contribution in [2.24, 2.45) is 0 Å². The third-order valence-corrected chi connectivity index (χ3v) is 5.85. The molecule has 0 aliphatic carbocycles. The van der Waals surface area contributed by atoms with Crippen LogP contribution in [-0.4, -0.2) is 30.5 Å². The number of halogens is 3. The van der Waals surface area contributed by atoms with Gasteiger partial charge in [-0.05, 0) is 67.4 Å². The summed E-state index contributed by atoms with van der Waals surface area (Å²) in [5.41, 5.74) is -0.107. The van der Waals surface area contributed by atoms with E-state index in [-0.39, 0.29) is 29.0 Å². The SMILES string of the molecule is CCOc1cc(C2/C(=C(\O)c3ccc(F)c(C)c3)C(=O)C(=O)N2c2ccc(F)cc2F)ccc1OC. The normalized spacial score (nSPS) is 16.9. The second kappa shape index (κ2) is 9.77. The highest BCUT2D eigenvalue weighted by atomic mass is 19.1. The molecule has 0 aromatic heterocycles. The van der Waals surface area contributed by atoms with Crippen molar-refractivity contribution >= 4 is 23.1 Å². The molecule has 3 aromatic carbocycles. The zero-order valence-corrected chi connectivity index (χ0v) is 19.6. The number of carbonyl (C=O) groups excluding carboxylic acids is 2. The molecular weight excluding hydrogens is 475 g/mol. The van der Waals surface area contributed by atoms with Gasteiger partial charge in [0, 0.05) is 11.6 Å². The molecule has 0 bridgehead atoms. The fraction of sp³-hybridized carbons (Fsp3) is 0.185. The number of carbonyl (C=O) groups is 2. The summed E-state index contributed by atoms with van der Waals surface area (Å²) in [4.78, 5) is 27.3. The Bertz CT molecular complexity index is 1400. The Hall–Kier alpha value is -4.27. The molecule has 1 N–H and O–H groups in total. The van der Waals surface area contributed by atoms with Crippen molar-refractivity contribution in [1.82, 2.24) is 0 Å². The lowest BCUT2D eigenvalue weighted by molar-refractivity contribution is -0.132. The molecule has 0 radical (unpaired) electrons. The topological polar surface area (TPSA) is 76.1 Å². The van der Waals surface area contributed by atoms with Crippen LogP contribution in [0.4, 0.5) is 18.9 Å². The number of ketones is 1. The molecule has 6 nitrogen and oxygen atoms in total. The molecule has 9 heteroatoms. The van der Waals surface area contributed by atoms with Crippen molar-refractivity contribution in [1.29, 1.82) is 0 Å². The molecule has 1 fully saturated rings. The van der Waals surface area contributed by atoms with E-state index in [1.165, 1.54) is 38.3 Å². The minimum Gasteiger partial charge on any atom is -0.507 e. The molecule has 1 aliphatic heterocycles. The molecule has 0 spiro atoms. The number of hydrogen-bond acceptors (Lipinski definition) is 5. The Morgan fingerprint density at radius 2 is 1.72 bits per heavy atom. The van der Waals surface area contributed by atoms with E-state index in [0.29, 0.717) is 23.1 Å². The molecule has 1 amide bonds. The highest BCUT2D eigenvalue weighted by molar-refractivity contribution is 6.51. The third-order valence-electron chi connectivity index (χ3n) is 5.85. The van der Waals surface area contributed by atoms with Crippen LogP contribution in [-0.2, 0) is 9.59 Å². The van der Waals surface area contributed by atoms with Gasteiger partial charge in [0.15, 0.2) is 11.5 Å². The number of hydrogen-bond donors (Lipinski definition) is 1. The van der Waals surface area contributed by atoms with Crippen molar-refractivity contribution in [2.45, 2.75) is 19.9 Å². The fourth-order valence-electron chi connectivity index (χ4n) is 4.15. The maximum Gasteiger partial charge on any atom is 0.300 e. The van der Waals surface area contributed by atoms with Crippen molar-refractivity contribution in [2.75, 3.05) is 18.6 Å². The minimum atomic E-state index is -1.31. The Labute approximate surface area is 205 Å². The smallest absolute Gasteiger partial charge is 0.300 e. The highest BCUT2D eigenvalue weighted by Gasteiger charge is 2.48. The molecule has 186 valence electrons. The Balaban J connectivity index is 1.99. The van der Waals surface area contributed by atoms with Crippen LogP contribution in [0.5, 0.6) is 11.5 Å². The highest BCUT2D eigenvalue weighted by Crippen LogP contribution is 2.45. The summed E-state index contributed by atoms with van der Waals surface area (Å²) in [6, 6.07) is 9.59. The maximum absolute atomic E-state index is 14.8. The van der Waals surface area contributed by atoms with Gasteiger partial charge in [-0.1, -0.05) is 6.07 Å². The molecule has 1 saturated heterocycles. The summed E-state index contributed by atoms with van der Waals surface area (Å²) in [6.07, 6.45) is 0. The summed E-state index contributed by atoms with van der Waals surface area (Å²) in [7, 11) is 1.44. The maximum atomic E-state index is 14.8. The summed E-state index contributed by atoms with van der Waals surface area (Å²) in [6.45, 7) is 3.51. The first-order valence-corrected chi connectivity index (χ1v) is 11.0. The number of ether oxygens (including phenoxy) is 2. The first kappa shape index (κ1) is 24.8. The van der Waals surface area contributed by atoms with E-state index in [9.17, 15) is 27.9 Å². The number of benzene rings is 3. The molecule has 1 aliphatic rings. The average Bonchev–Trinajstić information content (AvgIpc) is 3.11. The number of aliphatic hydroxyl groups is 1. The summed E-state index contributed by atoms with van der Waals surface area (Å²) in [5, 5.41) is 11.2. The molecular formula is C27H22F3NO5. The van der Waals surface area contributed by atoms with Crippen LogP contribution in [0.15, 0.2) is 60.2 Å². The van der Waals surface area contributed by atoms with Gasteiger partial charge in [-0.2, -0.15) is 0 Å². The Morgan fingerprint density at radius 3 is 2.36 bits per heavy atom. The number of Topliss-reactive ketones (excluding diaryl/α,β-unsaturated/α-hetero) is 1. The van der Waals surface area contributed by atoms with Gasteiger partial charge in [0.05, 0.1) is 31.0 Å². The van der Waals surface area contributed by atoms with Crippen molar-refractivity contribution in [3.05, 3.63) is 94.3 Å². The Kier molecular flexibility index (Phi) is 6.74. The van der Waals surface area contributed by atoms with Crippen LogP contribution in [0.3, 0.4) is 0 Å². The van der Waals surface area contributed by atoms with Crippen LogP contribution < -0.4 is 14.4 Å². The standard InChI is InChI=1S/C27H22F3NO5/c1-4-36-22-12-15(6-10-21(22)35-3)24-23(25(32)16-5-8-18(29)14(2)11-16)26(33)27(34)31(24)20-9-7-17(28)13-19(20)30/h5-13,24,32H,4H2,1-3H3/b25-23+. The van der Waals surface area contributed by atoms with E-state index >= 15 is 0 Å². The lowest BCUT2D eigenvalue weighted by atomic mass is 9.94. The minimum absolute atomic E-state index is 0.0926. The van der Waals surface area contributed by atoms with E-state index in [4.69, 9.17) is 9.47 Å². The number of methoxy groups -OCH3 is 1. The zero-order chi connectivity index (χ0) is 26.1. The van der Waals surface area contributed by atoms with Gasteiger partial charge in [-0.25, -0.2) is 13.2 Å². The van der Waals surface area contributed by atoms with E-state index in [1.54, 1.807) is 13.0 Å². The molecule has 1 atom stereocenters. The van der Waals surface area contributed by atoms with Gasteiger partial charge in [0.25, 0.3) is 11.7 Å².